The van der Waals surface area contributed by atoms with Gasteiger partial charge in [0.15, 0.2) is 5.17 Å². The molecule has 0 saturated carbocycles. The summed E-state index contributed by atoms with van der Waals surface area (Å²) in [6.45, 7) is 10.7. The molecule has 3 heterocycles. The third-order valence-corrected chi connectivity index (χ3v) is 8.78. The Morgan fingerprint density at radius 3 is 2.22 bits per heavy atom. The maximum absolute atomic E-state index is 14.1. The van der Waals surface area contributed by atoms with Crippen LogP contribution in [0.1, 0.15) is 41.5 Å². The fraction of sp³-hybridized carbons (Fsp3) is 0.900. The second-order valence-electron chi connectivity index (χ2n) is 9.01. The van der Waals surface area contributed by atoms with Gasteiger partial charge in [-0.2, -0.15) is 0 Å². The second-order valence-corrected chi connectivity index (χ2v) is 11.7. The van der Waals surface area contributed by atoms with Crippen molar-refractivity contribution < 1.29 is 37.3 Å². The summed E-state index contributed by atoms with van der Waals surface area (Å²) in [4.78, 5) is 18.8. The monoisotopic (exact) mass is 498 g/mol. The van der Waals surface area contributed by atoms with Gasteiger partial charge in [0.05, 0.1) is 9.83 Å². The molecular weight excluding hydrogens is 466 g/mol. The van der Waals surface area contributed by atoms with Crippen LogP contribution in [0.25, 0.3) is 0 Å². The number of rotatable bonds is 4. The molecule has 2 fully saturated rings. The van der Waals surface area contributed by atoms with Crippen molar-refractivity contribution in [2.75, 3.05) is 20.8 Å². The molecule has 3 rings (SSSR count). The van der Waals surface area contributed by atoms with E-state index in [-0.39, 0.29) is 4.58 Å². The molecule has 2 saturated heterocycles. The van der Waals surface area contributed by atoms with Crippen LogP contribution in [0.5, 0.6) is 0 Å². The number of thioether (sulfide) groups is 2. The fourth-order valence-corrected chi connectivity index (χ4v) is 6.92. The second kappa shape index (κ2) is 9.18. The third-order valence-electron chi connectivity index (χ3n) is 5.77. The first-order valence-electron chi connectivity index (χ1n) is 10.4. The van der Waals surface area contributed by atoms with Crippen LogP contribution in [-0.4, -0.2) is 88.6 Å². The number of methoxy groups -OCH3 is 2. The van der Waals surface area contributed by atoms with Gasteiger partial charge in [0.1, 0.15) is 23.9 Å². The number of aliphatic imine (C=N–C) groups is 1. The van der Waals surface area contributed by atoms with Crippen molar-refractivity contribution in [2.45, 2.75) is 93.2 Å². The van der Waals surface area contributed by atoms with Crippen molar-refractivity contribution in [1.29, 1.82) is 0 Å². The topological polar surface area (TPSA) is 78.8 Å². The number of alkyl halides is 2. The van der Waals surface area contributed by atoms with E-state index in [2.05, 4.69) is 0 Å². The van der Waals surface area contributed by atoms with Crippen molar-refractivity contribution in [2.24, 2.45) is 4.99 Å². The van der Waals surface area contributed by atoms with E-state index in [0.29, 0.717) is 11.7 Å². The zero-order valence-electron chi connectivity index (χ0n) is 19.6. The molecule has 184 valence electrons. The molecule has 0 bridgehead atoms. The number of nitrogens with zero attached hydrogens (tertiary/aromatic N) is 2. The first-order chi connectivity index (χ1) is 14.8. The van der Waals surface area contributed by atoms with E-state index in [0.717, 1.165) is 11.8 Å². The van der Waals surface area contributed by atoms with E-state index in [9.17, 15) is 13.6 Å². The Morgan fingerprint density at radius 1 is 1.19 bits per heavy atom. The lowest BCUT2D eigenvalue weighted by Gasteiger charge is -2.56. The molecule has 1 amide bonds. The molecule has 0 radical (unpaired) electrons. The smallest absolute Gasteiger partial charge is 0.416 e. The number of ether oxygens (including phenoxy) is 5. The Hall–Kier alpha value is -0.660. The number of carbonyl (C=O) groups excluding carboxylic acids is 1. The molecule has 0 N–H and O–H groups in total. The first kappa shape index (κ1) is 26.0. The Balaban J connectivity index is 1.93. The van der Waals surface area contributed by atoms with Gasteiger partial charge in [-0.3, -0.25) is 9.89 Å². The third kappa shape index (κ3) is 4.63. The Morgan fingerprint density at radius 2 is 1.75 bits per heavy atom. The molecule has 0 aliphatic carbocycles. The molecule has 0 aromatic rings. The summed E-state index contributed by atoms with van der Waals surface area (Å²) < 4.78 is 56.6. The minimum atomic E-state index is -2.65. The number of carbonyl (C=O) groups is 1. The fourth-order valence-electron chi connectivity index (χ4n) is 3.81. The highest BCUT2D eigenvalue weighted by Gasteiger charge is 2.64. The first-order valence-corrected chi connectivity index (χ1v) is 12.3. The average molecular weight is 499 g/mol. The van der Waals surface area contributed by atoms with Crippen LogP contribution in [0, 0.1) is 0 Å². The molecule has 0 unspecified atom stereocenters. The van der Waals surface area contributed by atoms with E-state index in [1.54, 1.807) is 41.5 Å². The highest BCUT2D eigenvalue weighted by molar-refractivity contribution is 8.25. The molecule has 3 aliphatic rings. The lowest BCUT2D eigenvalue weighted by molar-refractivity contribution is -0.450. The SMILES string of the molecule is CCN(C(=O)OC(C)(C)C)C1=N[C@H]2[C@@H](S1)S[C@H](C(F)F)[C@H]1O[C@](C)(OC)[C@@](C)(OC)O[C@H]21. The summed E-state index contributed by atoms with van der Waals surface area (Å²) in [7, 11) is 2.86. The maximum atomic E-state index is 14.1. The van der Waals surface area contributed by atoms with Gasteiger partial charge in [-0.1, -0.05) is 11.8 Å². The Labute approximate surface area is 196 Å². The number of amidine groups is 1. The van der Waals surface area contributed by atoms with E-state index in [1.807, 2.05) is 0 Å². The Kier molecular flexibility index (Phi) is 7.45. The molecule has 0 spiro atoms. The van der Waals surface area contributed by atoms with E-state index in [4.69, 9.17) is 28.7 Å². The highest BCUT2D eigenvalue weighted by atomic mass is 32.2. The number of hydrogen-bond acceptors (Lipinski definition) is 9. The predicted octanol–water partition coefficient (Wildman–Crippen LogP) is 3.93. The maximum Gasteiger partial charge on any atom is 0.416 e. The lowest BCUT2D eigenvalue weighted by atomic mass is 9.97. The van der Waals surface area contributed by atoms with E-state index in [1.165, 1.54) is 30.9 Å². The number of halogens is 2. The predicted molar refractivity (Wildman–Crippen MR) is 119 cm³/mol. The van der Waals surface area contributed by atoms with Gasteiger partial charge < -0.3 is 23.7 Å². The molecule has 3 aliphatic heterocycles. The number of hydrogen-bond donors (Lipinski definition) is 0. The van der Waals surface area contributed by atoms with Crippen LogP contribution < -0.4 is 0 Å². The Bertz CT molecular complexity index is 754. The van der Waals surface area contributed by atoms with Crippen LogP contribution >= 0.6 is 23.5 Å². The quantitative estimate of drug-likeness (QED) is 0.577. The molecule has 0 aromatic heterocycles. The van der Waals surface area contributed by atoms with Crippen molar-refractivity contribution in [3.8, 4) is 0 Å². The van der Waals surface area contributed by atoms with Crippen LogP contribution in [0.15, 0.2) is 4.99 Å². The normalized spacial score (nSPS) is 39.3. The molecule has 0 aromatic carbocycles. The van der Waals surface area contributed by atoms with Crippen LogP contribution in [-0.2, 0) is 23.7 Å². The minimum Gasteiger partial charge on any atom is -0.443 e. The van der Waals surface area contributed by atoms with Crippen molar-refractivity contribution in [3.05, 3.63) is 0 Å². The number of amides is 1. The average Bonchev–Trinajstić information content (AvgIpc) is 3.11. The van der Waals surface area contributed by atoms with Crippen LogP contribution in [0.3, 0.4) is 0 Å². The minimum absolute atomic E-state index is 0.326. The summed E-state index contributed by atoms with van der Waals surface area (Å²) in [6, 6.07) is -0.521. The molecular formula is C20H32F2N2O6S2. The highest BCUT2D eigenvalue weighted by Crippen LogP contribution is 2.53. The summed E-state index contributed by atoms with van der Waals surface area (Å²) in [6.07, 6.45) is -4.97. The molecule has 12 heteroatoms. The van der Waals surface area contributed by atoms with Crippen molar-refractivity contribution in [1.82, 2.24) is 4.90 Å². The van der Waals surface area contributed by atoms with Crippen LogP contribution in [0.2, 0.25) is 0 Å². The standard InChI is InChI=1S/C20H32F2N2O6S2/c1-9-24(17(25)30-18(2,3)4)16-23-10-11-12(13(14(21)22)31-15(10)32-16)29-20(6,27-8)19(5,26-7)28-11/h10-15H,9H2,1-8H3/t10-,11-,12+,13+,15-,19+,20+/m1/s1. The summed E-state index contributed by atoms with van der Waals surface area (Å²) >= 11 is 2.36. The summed E-state index contributed by atoms with van der Waals surface area (Å²) in [5, 5.41) is -0.739. The van der Waals surface area contributed by atoms with Crippen LogP contribution in [0.4, 0.5) is 13.6 Å². The number of fused-ring (bicyclic) bond motifs is 3. The molecule has 32 heavy (non-hydrogen) atoms. The van der Waals surface area contributed by atoms with E-state index >= 15 is 0 Å². The van der Waals surface area contributed by atoms with Gasteiger partial charge in [0.25, 0.3) is 6.43 Å². The summed E-state index contributed by atoms with van der Waals surface area (Å²) in [5.41, 5.74) is -0.674. The zero-order valence-corrected chi connectivity index (χ0v) is 21.2. The summed E-state index contributed by atoms with van der Waals surface area (Å²) in [5.74, 6) is -2.74. The van der Waals surface area contributed by atoms with Gasteiger partial charge in [-0.05, 0) is 41.5 Å². The zero-order chi connectivity index (χ0) is 24.1. The van der Waals surface area contributed by atoms with E-state index < -0.39 is 53.2 Å². The van der Waals surface area contributed by atoms with Crippen molar-refractivity contribution in [3.63, 3.8) is 0 Å². The lowest BCUT2D eigenvalue weighted by Crippen LogP contribution is -2.71. The largest absolute Gasteiger partial charge is 0.443 e. The van der Waals surface area contributed by atoms with Gasteiger partial charge in [-0.15, -0.1) is 11.8 Å². The molecule has 8 nitrogen and oxygen atoms in total. The van der Waals surface area contributed by atoms with Gasteiger partial charge >= 0.3 is 6.09 Å². The van der Waals surface area contributed by atoms with Gasteiger partial charge in [0.2, 0.25) is 11.6 Å². The van der Waals surface area contributed by atoms with Gasteiger partial charge in [-0.25, -0.2) is 13.6 Å². The van der Waals surface area contributed by atoms with Gasteiger partial charge in [0, 0.05) is 20.8 Å². The molecule has 7 atom stereocenters. The van der Waals surface area contributed by atoms with Crippen molar-refractivity contribution >= 4 is 34.8 Å².